The van der Waals surface area contributed by atoms with Gasteiger partial charge in [-0.15, -0.1) is 12.4 Å². The van der Waals surface area contributed by atoms with Gasteiger partial charge in [0.1, 0.15) is 4.90 Å². The summed E-state index contributed by atoms with van der Waals surface area (Å²) in [6.45, 7) is 7.29. The molecule has 0 unspecified atom stereocenters. The third kappa shape index (κ3) is 4.31. The number of hydrogen-bond acceptors (Lipinski definition) is 5. The molecule has 1 heterocycles. The lowest BCUT2D eigenvalue weighted by Crippen LogP contribution is -2.36. The molecule has 1 aromatic rings. The molecular formula is C16H24ClN3O4S. The van der Waals surface area contributed by atoms with Gasteiger partial charge < -0.3 is 10.6 Å². The van der Waals surface area contributed by atoms with Crippen LogP contribution in [0, 0.1) is 0 Å². The summed E-state index contributed by atoms with van der Waals surface area (Å²) < 4.78 is 25.9. The van der Waals surface area contributed by atoms with E-state index in [1.165, 1.54) is 18.2 Å². The molecule has 7 nitrogen and oxygen atoms in total. The fourth-order valence-electron chi connectivity index (χ4n) is 2.57. The third-order valence-electron chi connectivity index (χ3n) is 3.69. The minimum Gasteiger partial charge on any atom is -0.351 e. The number of sulfonamides is 1. The van der Waals surface area contributed by atoms with Gasteiger partial charge in [0.15, 0.2) is 0 Å². The summed E-state index contributed by atoms with van der Waals surface area (Å²) in [6, 6.07) is 3.68. The molecule has 9 heteroatoms. The normalized spacial score (nSPS) is 15.0. The summed E-state index contributed by atoms with van der Waals surface area (Å²) in [5, 5.41) is 5.89. The summed E-state index contributed by atoms with van der Waals surface area (Å²) >= 11 is 0. The minimum atomic E-state index is -3.89. The molecule has 0 aliphatic carbocycles. The van der Waals surface area contributed by atoms with Crippen molar-refractivity contribution in [2.45, 2.75) is 38.1 Å². The van der Waals surface area contributed by atoms with Crippen molar-refractivity contribution in [2.75, 3.05) is 19.6 Å². The maximum Gasteiger partial charge on any atom is 0.269 e. The Kier molecular flexibility index (Phi) is 7.40. The molecule has 0 spiro atoms. The molecule has 25 heavy (non-hydrogen) atoms. The molecular weight excluding hydrogens is 366 g/mol. The summed E-state index contributed by atoms with van der Waals surface area (Å²) in [5.74, 6) is -0.905. The topological polar surface area (TPSA) is 95.6 Å². The van der Waals surface area contributed by atoms with E-state index in [1.54, 1.807) is 13.8 Å². The van der Waals surface area contributed by atoms with Crippen molar-refractivity contribution in [2.24, 2.45) is 0 Å². The largest absolute Gasteiger partial charge is 0.351 e. The molecule has 0 bridgehead atoms. The molecule has 2 N–H and O–H groups in total. The molecule has 0 fully saturated rings. The summed E-state index contributed by atoms with van der Waals surface area (Å²) in [5.41, 5.74) is 0.344. The van der Waals surface area contributed by atoms with Crippen molar-refractivity contribution in [1.82, 2.24) is 14.9 Å². The standard InChI is InChI=1S/C16H23N3O4S.ClH/c1-4-7-17-8-9-18-15(20)12-5-6-13-14(10-12)24(22,23)19(11(2)3)16(13)21;/h5-6,10-11,17H,4,7-9H2,1-3H3,(H,18,20);1H. The summed E-state index contributed by atoms with van der Waals surface area (Å²) in [4.78, 5) is 24.3. The molecule has 1 aromatic carbocycles. The van der Waals surface area contributed by atoms with E-state index in [4.69, 9.17) is 0 Å². The van der Waals surface area contributed by atoms with Crippen LogP contribution in [-0.4, -0.2) is 50.2 Å². The van der Waals surface area contributed by atoms with Gasteiger partial charge in [-0.3, -0.25) is 9.59 Å². The fourth-order valence-corrected chi connectivity index (χ4v) is 4.36. The quantitative estimate of drug-likeness (QED) is 0.687. The Labute approximate surface area is 154 Å². The zero-order valence-electron chi connectivity index (χ0n) is 14.5. The number of rotatable bonds is 7. The molecule has 0 saturated carbocycles. The first-order valence-electron chi connectivity index (χ1n) is 8.02. The fraction of sp³-hybridized carbons (Fsp3) is 0.500. The van der Waals surface area contributed by atoms with E-state index < -0.39 is 22.0 Å². The number of nitrogens with one attached hydrogen (secondary N) is 2. The van der Waals surface area contributed by atoms with Crippen LogP contribution in [0.1, 0.15) is 47.9 Å². The number of benzene rings is 1. The van der Waals surface area contributed by atoms with Crippen LogP contribution in [0.3, 0.4) is 0 Å². The molecule has 0 aromatic heterocycles. The Bertz CT molecular complexity index is 750. The van der Waals surface area contributed by atoms with Crippen LogP contribution >= 0.6 is 12.4 Å². The molecule has 2 amide bonds. The van der Waals surface area contributed by atoms with Crippen LogP contribution in [0.25, 0.3) is 0 Å². The van der Waals surface area contributed by atoms with E-state index in [0.29, 0.717) is 13.1 Å². The highest BCUT2D eigenvalue weighted by atomic mass is 35.5. The lowest BCUT2D eigenvalue weighted by molar-refractivity contribution is 0.0845. The number of nitrogens with zero attached hydrogens (tertiary/aromatic N) is 1. The van der Waals surface area contributed by atoms with E-state index in [2.05, 4.69) is 17.6 Å². The van der Waals surface area contributed by atoms with Gasteiger partial charge in [0.25, 0.3) is 21.8 Å². The van der Waals surface area contributed by atoms with Crippen LogP contribution in [0.4, 0.5) is 0 Å². The van der Waals surface area contributed by atoms with E-state index in [9.17, 15) is 18.0 Å². The third-order valence-corrected chi connectivity index (χ3v) is 5.69. The van der Waals surface area contributed by atoms with Crippen molar-refractivity contribution >= 4 is 34.2 Å². The average molecular weight is 390 g/mol. The molecule has 0 radical (unpaired) electrons. The number of fused-ring (bicyclic) bond motifs is 1. The van der Waals surface area contributed by atoms with E-state index in [1.807, 2.05) is 0 Å². The highest BCUT2D eigenvalue weighted by Crippen LogP contribution is 2.32. The van der Waals surface area contributed by atoms with Gasteiger partial charge in [-0.2, -0.15) is 0 Å². The Hall–Kier alpha value is -1.64. The first-order chi connectivity index (χ1) is 11.3. The van der Waals surface area contributed by atoms with Crippen molar-refractivity contribution in [3.8, 4) is 0 Å². The van der Waals surface area contributed by atoms with E-state index in [-0.39, 0.29) is 34.3 Å². The van der Waals surface area contributed by atoms with Crippen LogP contribution in [0.2, 0.25) is 0 Å². The van der Waals surface area contributed by atoms with E-state index in [0.717, 1.165) is 17.3 Å². The minimum absolute atomic E-state index is 0. The summed E-state index contributed by atoms with van der Waals surface area (Å²) in [7, 11) is -3.89. The van der Waals surface area contributed by atoms with Crippen molar-refractivity contribution in [3.05, 3.63) is 29.3 Å². The SMILES string of the molecule is CCCNCCNC(=O)c1ccc2c(c1)S(=O)(=O)N(C(C)C)C2=O.Cl. The Balaban J connectivity index is 0.00000312. The summed E-state index contributed by atoms with van der Waals surface area (Å²) in [6.07, 6.45) is 1.01. The first-order valence-corrected chi connectivity index (χ1v) is 9.46. The van der Waals surface area contributed by atoms with Crippen molar-refractivity contribution < 1.29 is 18.0 Å². The van der Waals surface area contributed by atoms with E-state index >= 15 is 0 Å². The number of carbonyl (C=O) groups is 2. The lowest BCUT2D eigenvalue weighted by atomic mass is 10.1. The highest BCUT2D eigenvalue weighted by molar-refractivity contribution is 7.90. The number of hydrogen-bond donors (Lipinski definition) is 2. The molecule has 1 aliphatic rings. The second-order valence-corrected chi connectivity index (χ2v) is 7.70. The predicted octanol–water partition coefficient (Wildman–Crippen LogP) is 1.39. The Morgan fingerprint density at radius 2 is 1.88 bits per heavy atom. The smallest absolute Gasteiger partial charge is 0.269 e. The Morgan fingerprint density at radius 3 is 2.48 bits per heavy atom. The predicted molar refractivity (Wildman–Crippen MR) is 97.7 cm³/mol. The van der Waals surface area contributed by atoms with Crippen molar-refractivity contribution in [3.63, 3.8) is 0 Å². The van der Waals surface area contributed by atoms with Gasteiger partial charge in [-0.25, -0.2) is 12.7 Å². The van der Waals surface area contributed by atoms with Crippen LogP contribution in [0.15, 0.2) is 23.1 Å². The van der Waals surface area contributed by atoms with Crippen LogP contribution < -0.4 is 10.6 Å². The molecule has 1 aliphatic heterocycles. The first kappa shape index (κ1) is 21.4. The molecule has 0 atom stereocenters. The molecule has 140 valence electrons. The maximum absolute atomic E-state index is 12.5. The van der Waals surface area contributed by atoms with Gasteiger partial charge >= 0.3 is 0 Å². The van der Waals surface area contributed by atoms with Crippen molar-refractivity contribution in [1.29, 1.82) is 0 Å². The second-order valence-electron chi connectivity index (χ2n) is 5.92. The van der Waals surface area contributed by atoms with Crippen LogP contribution in [0.5, 0.6) is 0 Å². The number of amides is 2. The van der Waals surface area contributed by atoms with Gasteiger partial charge in [-0.1, -0.05) is 6.92 Å². The second kappa shape index (κ2) is 8.64. The molecule has 2 rings (SSSR count). The molecule has 0 saturated heterocycles. The van der Waals surface area contributed by atoms with Crippen LogP contribution in [-0.2, 0) is 10.0 Å². The zero-order valence-corrected chi connectivity index (χ0v) is 16.2. The van der Waals surface area contributed by atoms with Gasteiger partial charge in [0.2, 0.25) is 0 Å². The van der Waals surface area contributed by atoms with Gasteiger partial charge in [0.05, 0.1) is 5.56 Å². The average Bonchev–Trinajstić information content (AvgIpc) is 2.73. The maximum atomic E-state index is 12.5. The lowest BCUT2D eigenvalue weighted by Gasteiger charge is -2.18. The van der Waals surface area contributed by atoms with Gasteiger partial charge in [-0.05, 0) is 45.0 Å². The van der Waals surface area contributed by atoms with Gasteiger partial charge in [0, 0.05) is 24.7 Å². The number of halogens is 1. The Morgan fingerprint density at radius 1 is 1.20 bits per heavy atom. The highest BCUT2D eigenvalue weighted by Gasteiger charge is 2.42. The monoisotopic (exact) mass is 389 g/mol. The zero-order chi connectivity index (χ0) is 17.9. The number of carbonyl (C=O) groups excluding carboxylic acids is 2.